The maximum Gasteiger partial charge on any atom is 0.270 e. The van der Waals surface area contributed by atoms with Crippen molar-refractivity contribution in [1.29, 1.82) is 0 Å². The van der Waals surface area contributed by atoms with Crippen LogP contribution in [0.2, 0.25) is 0 Å². The zero-order chi connectivity index (χ0) is 12.7. The van der Waals surface area contributed by atoms with Gasteiger partial charge in [-0.3, -0.25) is 14.9 Å². The molecule has 0 fully saturated rings. The van der Waals surface area contributed by atoms with Crippen molar-refractivity contribution in [3.63, 3.8) is 0 Å². The molecule has 0 saturated heterocycles. The Balaban J connectivity index is 2.52. The van der Waals surface area contributed by atoms with Crippen molar-refractivity contribution in [1.82, 2.24) is 4.98 Å². The van der Waals surface area contributed by atoms with Gasteiger partial charge in [0, 0.05) is 23.0 Å². The molecule has 0 radical (unpaired) electrons. The van der Waals surface area contributed by atoms with Gasteiger partial charge in [0.1, 0.15) is 0 Å². The number of hydrogen-bond acceptors (Lipinski definition) is 3. The van der Waals surface area contributed by atoms with Crippen LogP contribution in [0.4, 0.5) is 5.69 Å². The number of benzene rings is 2. The molecule has 2 aromatic carbocycles. The third kappa shape index (κ3) is 1.45. The zero-order valence-corrected chi connectivity index (χ0v) is 9.21. The van der Waals surface area contributed by atoms with Gasteiger partial charge in [0.25, 0.3) is 11.2 Å². The molecular formula is C13H8N2O3. The number of aromatic amines is 1. The smallest absolute Gasteiger partial charge is 0.270 e. The molecule has 0 saturated carbocycles. The Morgan fingerprint density at radius 3 is 2.56 bits per heavy atom. The number of fused-ring (bicyclic) bond motifs is 3. The van der Waals surface area contributed by atoms with Crippen LogP contribution in [0, 0.1) is 10.1 Å². The minimum atomic E-state index is -0.506. The van der Waals surface area contributed by atoms with E-state index in [-0.39, 0.29) is 11.2 Å². The van der Waals surface area contributed by atoms with Crippen molar-refractivity contribution in [3.8, 4) is 0 Å². The molecule has 5 nitrogen and oxygen atoms in total. The molecule has 0 aliphatic heterocycles. The maximum absolute atomic E-state index is 11.9. The summed E-state index contributed by atoms with van der Waals surface area (Å²) >= 11 is 0. The van der Waals surface area contributed by atoms with Gasteiger partial charge in [-0.25, -0.2) is 0 Å². The SMILES string of the molecule is O=c1[nH]c2ccccc2c2ccc([N+](=O)[O-])cc12. The Hall–Kier alpha value is -2.69. The van der Waals surface area contributed by atoms with Crippen LogP contribution in [-0.2, 0) is 0 Å². The van der Waals surface area contributed by atoms with E-state index in [0.29, 0.717) is 5.39 Å². The third-order valence-corrected chi connectivity index (χ3v) is 2.92. The molecule has 3 rings (SSSR count). The fourth-order valence-corrected chi connectivity index (χ4v) is 2.09. The largest absolute Gasteiger partial charge is 0.321 e. The van der Waals surface area contributed by atoms with E-state index in [1.807, 2.05) is 18.2 Å². The third-order valence-electron chi connectivity index (χ3n) is 2.92. The van der Waals surface area contributed by atoms with Gasteiger partial charge in [0.15, 0.2) is 0 Å². The highest BCUT2D eigenvalue weighted by atomic mass is 16.6. The van der Waals surface area contributed by atoms with Gasteiger partial charge >= 0.3 is 0 Å². The summed E-state index contributed by atoms with van der Waals surface area (Å²) in [5.41, 5.74) is 0.333. The topological polar surface area (TPSA) is 76.0 Å². The normalized spacial score (nSPS) is 10.9. The molecule has 0 unspecified atom stereocenters. The number of nitro groups is 1. The Morgan fingerprint density at radius 2 is 1.78 bits per heavy atom. The summed E-state index contributed by atoms with van der Waals surface area (Å²) in [5.74, 6) is 0. The van der Waals surface area contributed by atoms with Gasteiger partial charge in [-0.15, -0.1) is 0 Å². The fraction of sp³-hybridized carbons (Fsp3) is 0. The van der Waals surface area contributed by atoms with E-state index in [2.05, 4.69) is 4.98 Å². The first-order valence-corrected chi connectivity index (χ1v) is 5.36. The van der Waals surface area contributed by atoms with E-state index in [1.54, 1.807) is 12.1 Å². The maximum atomic E-state index is 11.9. The lowest BCUT2D eigenvalue weighted by Gasteiger charge is -2.02. The average Bonchev–Trinajstić information content (AvgIpc) is 2.38. The molecule has 88 valence electrons. The first-order valence-electron chi connectivity index (χ1n) is 5.36. The summed E-state index contributed by atoms with van der Waals surface area (Å²) in [6.07, 6.45) is 0. The number of non-ortho nitro benzene ring substituents is 1. The molecule has 0 aliphatic rings. The average molecular weight is 240 g/mol. The summed E-state index contributed by atoms with van der Waals surface area (Å²) in [6.45, 7) is 0. The predicted molar refractivity (Wildman–Crippen MR) is 68.7 cm³/mol. The number of H-pyrrole nitrogens is 1. The Kier molecular flexibility index (Phi) is 2.13. The van der Waals surface area contributed by atoms with E-state index >= 15 is 0 Å². The molecule has 1 N–H and O–H groups in total. The van der Waals surface area contributed by atoms with E-state index in [9.17, 15) is 14.9 Å². The van der Waals surface area contributed by atoms with E-state index < -0.39 is 4.92 Å². The molecule has 1 heterocycles. The second kappa shape index (κ2) is 3.66. The minimum Gasteiger partial charge on any atom is -0.321 e. The van der Waals surface area contributed by atoms with E-state index in [0.717, 1.165) is 16.3 Å². The summed E-state index contributed by atoms with van der Waals surface area (Å²) < 4.78 is 0. The molecular weight excluding hydrogens is 232 g/mol. The summed E-state index contributed by atoms with van der Waals surface area (Å²) in [4.78, 5) is 24.8. The summed E-state index contributed by atoms with van der Waals surface area (Å²) in [6, 6.07) is 11.7. The highest BCUT2D eigenvalue weighted by Gasteiger charge is 2.10. The molecule has 0 bridgehead atoms. The van der Waals surface area contributed by atoms with Gasteiger partial charge < -0.3 is 4.98 Å². The second-order valence-corrected chi connectivity index (χ2v) is 3.99. The molecule has 3 aromatic rings. The standard InChI is InChI=1S/C13H8N2O3/c16-13-11-7-8(15(17)18)5-6-9(11)10-3-1-2-4-12(10)14-13/h1-7H,(H,14,16). The van der Waals surface area contributed by atoms with Crippen molar-refractivity contribution in [2.24, 2.45) is 0 Å². The van der Waals surface area contributed by atoms with Crippen molar-refractivity contribution < 1.29 is 4.92 Å². The number of nitrogens with one attached hydrogen (secondary N) is 1. The van der Waals surface area contributed by atoms with Gasteiger partial charge in [0.2, 0.25) is 0 Å². The van der Waals surface area contributed by atoms with Crippen molar-refractivity contribution in [2.45, 2.75) is 0 Å². The lowest BCUT2D eigenvalue weighted by molar-refractivity contribution is -0.384. The number of hydrogen-bond donors (Lipinski definition) is 1. The van der Waals surface area contributed by atoms with Crippen LogP contribution in [-0.4, -0.2) is 9.91 Å². The van der Waals surface area contributed by atoms with Gasteiger partial charge in [0.05, 0.1) is 10.3 Å². The summed E-state index contributed by atoms with van der Waals surface area (Å²) in [7, 11) is 0. The van der Waals surface area contributed by atoms with Crippen LogP contribution in [0.1, 0.15) is 0 Å². The van der Waals surface area contributed by atoms with Crippen molar-refractivity contribution >= 4 is 27.4 Å². The van der Waals surface area contributed by atoms with Gasteiger partial charge in [-0.1, -0.05) is 18.2 Å². The van der Waals surface area contributed by atoms with E-state index in [1.165, 1.54) is 12.1 Å². The highest BCUT2D eigenvalue weighted by Crippen LogP contribution is 2.24. The molecule has 1 aromatic heterocycles. The number of pyridine rings is 1. The van der Waals surface area contributed by atoms with Crippen LogP contribution in [0.5, 0.6) is 0 Å². The first-order chi connectivity index (χ1) is 8.66. The Labute approximate surface area is 101 Å². The monoisotopic (exact) mass is 240 g/mol. The molecule has 0 amide bonds. The highest BCUT2D eigenvalue weighted by molar-refractivity contribution is 6.05. The van der Waals surface area contributed by atoms with Crippen LogP contribution in [0.15, 0.2) is 47.3 Å². The number of aromatic nitrogens is 1. The van der Waals surface area contributed by atoms with E-state index in [4.69, 9.17) is 0 Å². The van der Waals surface area contributed by atoms with Crippen LogP contribution >= 0.6 is 0 Å². The molecule has 0 spiro atoms. The number of rotatable bonds is 1. The van der Waals surface area contributed by atoms with Crippen LogP contribution < -0.4 is 5.56 Å². The van der Waals surface area contributed by atoms with Crippen LogP contribution in [0.25, 0.3) is 21.7 Å². The summed E-state index contributed by atoms with van der Waals surface area (Å²) in [5, 5.41) is 12.6. The lowest BCUT2D eigenvalue weighted by atomic mass is 10.1. The van der Waals surface area contributed by atoms with Gasteiger partial charge in [-0.05, 0) is 17.5 Å². The zero-order valence-electron chi connectivity index (χ0n) is 9.21. The van der Waals surface area contributed by atoms with Crippen molar-refractivity contribution in [2.75, 3.05) is 0 Å². The number of para-hydroxylation sites is 1. The number of nitro benzene ring substituents is 1. The molecule has 18 heavy (non-hydrogen) atoms. The first kappa shape index (κ1) is 10.5. The predicted octanol–water partition coefficient (Wildman–Crippen LogP) is 2.59. The second-order valence-electron chi connectivity index (χ2n) is 3.99. The fourth-order valence-electron chi connectivity index (χ4n) is 2.09. The van der Waals surface area contributed by atoms with Gasteiger partial charge in [-0.2, -0.15) is 0 Å². The quantitative estimate of drug-likeness (QED) is 0.403. The lowest BCUT2D eigenvalue weighted by Crippen LogP contribution is -2.06. The number of nitrogens with zero attached hydrogens (tertiary/aromatic N) is 1. The Bertz CT molecular complexity index is 836. The van der Waals surface area contributed by atoms with Crippen molar-refractivity contribution in [3.05, 3.63) is 62.9 Å². The minimum absolute atomic E-state index is 0.0803. The molecule has 0 atom stereocenters. The van der Waals surface area contributed by atoms with Crippen LogP contribution in [0.3, 0.4) is 0 Å². The molecule has 0 aliphatic carbocycles. The molecule has 5 heteroatoms. The Morgan fingerprint density at radius 1 is 1.00 bits per heavy atom.